The van der Waals surface area contributed by atoms with Crippen LogP contribution in [0.5, 0.6) is 0 Å². The Kier molecular flexibility index (Phi) is 3.12. The number of aromatic nitrogens is 1. The molecule has 5 nitrogen and oxygen atoms in total. The number of nitro groups is 1. The number of aliphatic hydroxyl groups is 1. The molecule has 0 saturated heterocycles. The number of rotatable bonds is 3. The number of hydrogen-bond acceptors (Lipinski definition) is 3. The fraction of sp³-hybridized carbons (Fsp3) is 0.0909. The average Bonchev–Trinajstić information content (AvgIpc) is 2.77. The van der Waals surface area contributed by atoms with Gasteiger partial charge in [0.15, 0.2) is 0 Å². The Morgan fingerprint density at radius 2 is 2.18 bits per heavy atom. The fourth-order valence-corrected chi connectivity index (χ4v) is 1.79. The van der Waals surface area contributed by atoms with Gasteiger partial charge in [0.05, 0.1) is 22.2 Å². The molecule has 0 saturated carbocycles. The summed E-state index contributed by atoms with van der Waals surface area (Å²) in [5.74, 6) is 0. The Hall–Kier alpha value is -1.85. The first-order valence-electron chi connectivity index (χ1n) is 4.85. The molecule has 1 aromatic carbocycles. The molecular formula is C11H9ClN2O3. The maximum atomic E-state index is 10.7. The second-order valence-electron chi connectivity index (χ2n) is 3.42. The number of hydrogen-bond donors (Lipinski definition) is 1. The third kappa shape index (κ3) is 2.15. The highest BCUT2D eigenvalue weighted by molar-refractivity contribution is 6.32. The van der Waals surface area contributed by atoms with Crippen LogP contribution in [0.3, 0.4) is 0 Å². The van der Waals surface area contributed by atoms with E-state index >= 15 is 0 Å². The van der Waals surface area contributed by atoms with Crippen molar-refractivity contribution >= 4 is 17.3 Å². The first-order valence-corrected chi connectivity index (χ1v) is 5.22. The van der Waals surface area contributed by atoms with Crippen molar-refractivity contribution in [3.05, 3.63) is 57.4 Å². The Labute approximate surface area is 102 Å². The summed E-state index contributed by atoms with van der Waals surface area (Å²) >= 11 is 6.00. The van der Waals surface area contributed by atoms with Crippen LogP contribution in [0.4, 0.5) is 5.69 Å². The zero-order valence-electron chi connectivity index (χ0n) is 8.71. The molecule has 0 amide bonds. The molecule has 1 heterocycles. The molecule has 0 aliphatic carbocycles. The molecule has 0 aliphatic heterocycles. The van der Waals surface area contributed by atoms with E-state index < -0.39 is 4.92 Å². The molecule has 0 fully saturated rings. The maximum Gasteiger partial charge on any atom is 0.271 e. The van der Waals surface area contributed by atoms with E-state index in [4.69, 9.17) is 16.7 Å². The number of benzene rings is 1. The molecule has 0 spiro atoms. The SMILES string of the molecule is O=[N+]([O-])c1ccc(Cl)c(-n2cccc2CO)c1. The van der Waals surface area contributed by atoms with Gasteiger partial charge in [0.2, 0.25) is 0 Å². The normalized spacial score (nSPS) is 10.5. The number of nitro benzene ring substituents is 1. The van der Waals surface area contributed by atoms with Crippen molar-refractivity contribution in [2.75, 3.05) is 0 Å². The molecular weight excluding hydrogens is 244 g/mol. The van der Waals surface area contributed by atoms with Crippen molar-refractivity contribution in [3.8, 4) is 5.69 Å². The van der Waals surface area contributed by atoms with E-state index in [1.165, 1.54) is 18.2 Å². The molecule has 0 radical (unpaired) electrons. The molecule has 0 unspecified atom stereocenters. The van der Waals surface area contributed by atoms with E-state index in [-0.39, 0.29) is 12.3 Å². The monoisotopic (exact) mass is 252 g/mol. The number of nitrogens with zero attached hydrogens (tertiary/aromatic N) is 2. The van der Waals surface area contributed by atoms with E-state index in [2.05, 4.69) is 0 Å². The largest absolute Gasteiger partial charge is 0.390 e. The Bertz CT molecular complexity index is 566. The van der Waals surface area contributed by atoms with E-state index in [0.717, 1.165) is 0 Å². The van der Waals surface area contributed by atoms with Gasteiger partial charge in [-0.25, -0.2) is 0 Å². The summed E-state index contributed by atoms with van der Waals surface area (Å²) < 4.78 is 1.62. The van der Waals surface area contributed by atoms with Crippen molar-refractivity contribution in [1.29, 1.82) is 0 Å². The third-order valence-electron chi connectivity index (χ3n) is 2.40. The lowest BCUT2D eigenvalue weighted by atomic mass is 10.2. The molecule has 0 atom stereocenters. The first kappa shape index (κ1) is 11.6. The Morgan fingerprint density at radius 1 is 1.41 bits per heavy atom. The predicted molar refractivity (Wildman–Crippen MR) is 63.4 cm³/mol. The summed E-state index contributed by atoms with van der Waals surface area (Å²) in [6.45, 7) is -0.161. The van der Waals surface area contributed by atoms with Gasteiger partial charge in [-0.2, -0.15) is 0 Å². The topological polar surface area (TPSA) is 68.3 Å². The molecule has 0 aliphatic rings. The molecule has 1 aromatic heterocycles. The van der Waals surface area contributed by atoms with Crippen LogP contribution in [-0.4, -0.2) is 14.6 Å². The van der Waals surface area contributed by atoms with Crippen LogP contribution in [-0.2, 0) is 6.61 Å². The minimum Gasteiger partial charge on any atom is -0.390 e. The molecule has 1 N–H and O–H groups in total. The lowest BCUT2D eigenvalue weighted by Gasteiger charge is -2.09. The lowest BCUT2D eigenvalue weighted by molar-refractivity contribution is -0.384. The van der Waals surface area contributed by atoms with Crippen molar-refractivity contribution in [3.63, 3.8) is 0 Å². The molecule has 6 heteroatoms. The summed E-state index contributed by atoms with van der Waals surface area (Å²) in [6.07, 6.45) is 1.69. The number of aliphatic hydroxyl groups excluding tert-OH is 1. The van der Waals surface area contributed by atoms with Crippen molar-refractivity contribution in [1.82, 2.24) is 4.57 Å². The quantitative estimate of drug-likeness (QED) is 0.674. The molecule has 2 rings (SSSR count). The van der Waals surface area contributed by atoms with Crippen LogP contribution in [0.15, 0.2) is 36.5 Å². The van der Waals surface area contributed by atoms with Gasteiger partial charge < -0.3 is 9.67 Å². The van der Waals surface area contributed by atoms with Crippen LogP contribution in [0, 0.1) is 10.1 Å². The molecule has 88 valence electrons. The summed E-state index contributed by atoms with van der Waals surface area (Å²) in [5, 5.41) is 20.2. The van der Waals surface area contributed by atoms with Gasteiger partial charge in [0, 0.05) is 24.0 Å². The van der Waals surface area contributed by atoms with Crippen LogP contribution >= 0.6 is 11.6 Å². The van der Waals surface area contributed by atoms with Crippen LogP contribution < -0.4 is 0 Å². The second kappa shape index (κ2) is 4.57. The fourth-order valence-electron chi connectivity index (χ4n) is 1.58. The lowest BCUT2D eigenvalue weighted by Crippen LogP contribution is -2.00. The third-order valence-corrected chi connectivity index (χ3v) is 2.71. The van der Waals surface area contributed by atoms with Gasteiger partial charge in [0.1, 0.15) is 0 Å². The molecule has 2 aromatic rings. The highest BCUT2D eigenvalue weighted by Crippen LogP contribution is 2.26. The van der Waals surface area contributed by atoms with E-state index in [0.29, 0.717) is 16.4 Å². The summed E-state index contributed by atoms with van der Waals surface area (Å²) in [5.41, 5.74) is 1.06. The van der Waals surface area contributed by atoms with Gasteiger partial charge in [-0.3, -0.25) is 10.1 Å². The van der Waals surface area contributed by atoms with Crippen LogP contribution in [0.1, 0.15) is 5.69 Å². The number of halogens is 1. The second-order valence-corrected chi connectivity index (χ2v) is 3.83. The summed E-state index contributed by atoms with van der Waals surface area (Å²) in [4.78, 5) is 10.2. The zero-order chi connectivity index (χ0) is 12.4. The maximum absolute atomic E-state index is 10.7. The number of non-ortho nitro benzene ring substituents is 1. The minimum atomic E-state index is -0.484. The van der Waals surface area contributed by atoms with Crippen LogP contribution in [0.2, 0.25) is 5.02 Å². The van der Waals surface area contributed by atoms with E-state index in [9.17, 15) is 10.1 Å². The van der Waals surface area contributed by atoms with Crippen LogP contribution in [0.25, 0.3) is 5.69 Å². The summed E-state index contributed by atoms with van der Waals surface area (Å²) in [7, 11) is 0. The highest BCUT2D eigenvalue weighted by Gasteiger charge is 2.12. The van der Waals surface area contributed by atoms with Gasteiger partial charge in [0.25, 0.3) is 5.69 Å². The smallest absolute Gasteiger partial charge is 0.271 e. The molecule has 0 bridgehead atoms. The minimum absolute atomic E-state index is 0.0398. The average molecular weight is 253 g/mol. The van der Waals surface area contributed by atoms with E-state index in [1.807, 2.05) is 0 Å². The van der Waals surface area contributed by atoms with Gasteiger partial charge in [-0.15, -0.1) is 0 Å². The zero-order valence-corrected chi connectivity index (χ0v) is 9.46. The van der Waals surface area contributed by atoms with Gasteiger partial charge in [-0.1, -0.05) is 11.6 Å². The van der Waals surface area contributed by atoms with Crippen molar-refractivity contribution in [2.45, 2.75) is 6.61 Å². The van der Waals surface area contributed by atoms with E-state index in [1.54, 1.807) is 22.9 Å². The standard InChI is InChI=1S/C11H9ClN2O3/c12-10-4-3-8(14(16)17)6-11(10)13-5-1-2-9(13)7-15/h1-6,15H,7H2. The predicted octanol–water partition coefficient (Wildman–Crippen LogP) is 2.53. The first-order chi connectivity index (χ1) is 8.13. The van der Waals surface area contributed by atoms with Crippen molar-refractivity contribution in [2.24, 2.45) is 0 Å². The van der Waals surface area contributed by atoms with Gasteiger partial charge >= 0.3 is 0 Å². The van der Waals surface area contributed by atoms with Crippen molar-refractivity contribution < 1.29 is 10.0 Å². The highest BCUT2D eigenvalue weighted by atomic mass is 35.5. The van der Waals surface area contributed by atoms with Gasteiger partial charge in [-0.05, 0) is 18.2 Å². The Morgan fingerprint density at radius 3 is 2.82 bits per heavy atom. The Balaban J connectivity index is 2.58. The summed E-state index contributed by atoms with van der Waals surface area (Å²) in [6, 6.07) is 7.64. The molecule has 17 heavy (non-hydrogen) atoms.